The molecular weight excluding hydrogens is 286 g/mol. The van der Waals surface area contributed by atoms with Crippen molar-refractivity contribution in [3.05, 3.63) is 23.0 Å². The van der Waals surface area contributed by atoms with Crippen molar-refractivity contribution in [3.63, 3.8) is 0 Å². The van der Waals surface area contributed by atoms with Gasteiger partial charge in [-0.1, -0.05) is 19.0 Å². The molecule has 0 aliphatic heterocycles. The minimum Gasteiger partial charge on any atom is -0.480 e. The summed E-state index contributed by atoms with van der Waals surface area (Å²) in [6, 6.07) is 1.64. The molecule has 0 saturated carbocycles. The Labute approximate surface area is 127 Å². The third-order valence-electron chi connectivity index (χ3n) is 3.17. The van der Waals surface area contributed by atoms with E-state index in [1.165, 1.54) is 4.90 Å². The number of amides is 1. The van der Waals surface area contributed by atoms with E-state index in [-0.39, 0.29) is 18.4 Å². The number of aliphatic carboxylic acids is 1. The summed E-state index contributed by atoms with van der Waals surface area (Å²) in [7, 11) is 0. The van der Waals surface area contributed by atoms with Crippen molar-refractivity contribution in [3.8, 4) is 0 Å². The first kappa shape index (κ1) is 15.9. The van der Waals surface area contributed by atoms with Gasteiger partial charge in [-0.3, -0.25) is 9.59 Å². The van der Waals surface area contributed by atoms with E-state index in [2.05, 4.69) is 10.1 Å². The maximum Gasteiger partial charge on any atom is 0.323 e. The molecule has 1 amide bonds. The Kier molecular flexibility index (Phi) is 4.44. The lowest BCUT2D eigenvalue weighted by molar-refractivity contribution is -0.137. The fourth-order valence-corrected chi connectivity index (χ4v) is 2.38. The van der Waals surface area contributed by atoms with Crippen LogP contribution in [-0.4, -0.2) is 45.1 Å². The van der Waals surface area contributed by atoms with E-state index >= 15 is 0 Å². The molecular formula is C15H19N3O4. The van der Waals surface area contributed by atoms with Crippen LogP contribution in [0.4, 0.5) is 0 Å². The van der Waals surface area contributed by atoms with Gasteiger partial charge in [0.05, 0.1) is 16.6 Å². The number of fused-ring (bicyclic) bond motifs is 1. The number of hydrogen-bond acceptors (Lipinski definition) is 5. The van der Waals surface area contributed by atoms with Gasteiger partial charge in [-0.15, -0.1) is 0 Å². The molecule has 2 rings (SSSR count). The van der Waals surface area contributed by atoms with Gasteiger partial charge >= 0.3 is 5.97 Å². The zero-order chi connectivity index (χ0) is 16.4. The van der Waals surface area contributed by atoms with E-state index in [0.29, 0.717) is 34.6 Å². The van der Waals surface area contributed by atoms with Gasteiger partial charge in [-0.25, -0.2) is 4.98 Å². The second-order valence-electron chi connectivity index (χ2n) is 5.73. The Morgan fingerprint density at radius 1 is 1.36 bits per heavy atom. The molecule has 1 N–H and O–H groups in total. The van der Waals surface area contributed by atoms with Gasteiger partial charge in [-0.05, 0) is 25.8 Å². The maximum atomic E-state index is 12.8. The average molecular weight is 305 g/mol. The van der Waals surface area contributed by atoms with Crippen molar-refractivity contribution in [2.24, 2.45) is 5.92 Å². The molecule has 0 fully saturated rings. The minimum absolute atomic E-state index is 0.158. The molecule has 7 heteroatoms. The molecule has 0 atom stereocenters. The second-order valence-corrected chi connectivity index (χ2v) is 5.73. The molecule has 2 heterocycles. The highest BCUT2D eigenvalue weighted by atomic mass is 16.5. The van der Waals surface area contributed by atoms with E-state index in [1.54, 1.807) is 19.9 Å². The van der Waals surface area contributed by atoms with Crippen LogP contribution >= 0.6 is 0 Å². The quantitative estimate of drug-likeness (QED) is 0.907. The van der Waals surface area contributed by atoms with Crippen LogP contribution in [0.2, 0.25) is 0 Å². The molecule has 0 aromatic carbocycles. The van der Waals surface area contributed by atoms with Gasteiger partial charge in [0.2, 0.25) is 0 Å². The second kappa shape index (κ2) is 6.13. The Morgan fingerprint density at radius 2 is 2.05 bits per heavy atom. The van der Waals surface area contributed by atoms with Crippen molar-refractivity contribution in [2.75, 3.05) is 13.1 Å². The molecule has 0 spiro atoms. The SMILES string of the molecule is Cc1cc(C(=O)N(CC(=O)O)CC(C)C)c2c(C)noc2n1. The molecule has 0 unspecified atom stereocenters. The van der Waals surface area contributed by atoms with Crippen LogP contribution in [0.1, 0.15) is 35.6 Å². The summed E-state index contributed by atoms with van der Waals surface area (Å²) in [4.78, 5) is 29.4. The molecule has 2 aromatic heterocycles. The lowest BCUT2D eigenvalue weighted by Crippen LogP contribution is -2.38. The standard InChI is InChI=1S/C15H19N3O4/c1-8(2)6-18(7-12(19)20)15(21)11-5-9(3)16-14-13(11)10(4)17-22-14/h5,8H,6-7H2,1-4H3,(H,19,20). The number of aryl methyl sites for hydroxylation is 2. The molecule has 118 valence electrons. The Morgan fingerprint density at radius 3 is 2.64 bits per heavy atom. The predicted molar refractivity (Wildman–Crippen MR) is 79.7 cm³/mol. The third kappa shape index (κ3) is 3.24. The van der Waals surface area contributed by atoms with Crippen molar-refractivity contribution >= 4 is 23.0 Å². The smallest absolute Gasteiger partial charge is 0.323 e. The van der Waals surface area contributed by atoms with Crippen LogP contribution < -0.4 is 0 Å². The number of aromatic nitrogens is 2. The van der Waals surface area contributed by atoms with Gasteiger partial charge in [0, 0.05) is 12.2 Å². The molecule has 2 aromatic rings. The summed E-state index contributed by atoms with van der Waals surface area (Å²) >= 11 is 0. The summed E-state index contributed by atoms with van der Waals surface area (Å²) in [5.74, 6) is -1.23. The number of carbonyl (C=O) groups is 2. The van der Waals surface area contributed by atoms with E-state index in [9.17, 15) is 9.59 Å². The van der Waals surface area contributed by atoms with Crippen molar-refractivity contribution in [1.82, 2.24) is 15.0 Å². The molecule has 0 saturated heterocycles. The van der Waals surface area contributed by atoms with Crippen LogP contribution in [0.3, 0.4) is 0 Å². The third-order valence-corrected chi connectivity index (χ3v) is 3.17. The number of rotatable bonds is 5. The zero-order valence-electron chi connectivity index (χ0n) is 13.1. The van der Waals surface area contributed by atoms with Gasteiger partial charge in [-0.2, -0.15) is 0 Å². The Hall–Kier alpha value is -2.44. The predicted octanol–water partition coefficient (Wildman–Crippen LogP) is 2.02. The summed E-state index contributed by atoms with van der Waals surface area (Å²) in [5.41, 5.74) is 1.85. The summed E-state index contributed by atoms with van der Waals surface area (Å²) in [5, 5.41) is 13.4. The lowest BCUT2D eigenvalue weighted by Gasteiger charge is -2.23. The molecule has 0 radical (unpaired) electrons. The van der Waals surface area contributed by atoms with Gasteiger partial charge in [0.15, 0.2) is 0 Å². The van der Waals surface area contributed by atoms with Crippen LogP contribution in [0.25, 0.3) is 11.1 Å². The van der Waals surface area contributed by atoms with E-state index in [1.807, 2.05) is 13.8 Å². The maximum absolute atomic E-state index is 12.8. The van der Waals surface area contributed by atoms with Crippen LogP contribution in [0.15, 0.2) is 10.6 Å². The highest BCUT2D eigenvalue weighted by molar-refractivity contribution is 6.06. The molecule has 0 aliphatic carbocycles. The van der Waals surface area contributed by atoms with Crippen molar-refractivity contribution in [2.45, 2.75) is 27.7 Å². The fourth-order valence-electron chi connectivity index (χ4n) is 2.38. The first-order chi connectivity index (χ1) is 10.3. The van der Waals surface area contributed by atoms with E-state index in [4.69, 9.17) is 9.63 Å². The summed E-state index contributed by atoms with van der Waals surface area (Å²) in [6.45, 7) is 7.35. The lowest BCUT2D eigenvalue weighted by atomic mass is 10.1. The highest BCUT2D eigenvalue weighted by Crippen LogP contribution is 2.23. The number of nitrogens with zero attached hydrogens (tertiary/aromatic N) is 3. The monoisotopic (exact) mass is 305 g/mol. The first-order valence-corrected chi connectivity index (χ1v) is 7.04. The number of hydrogen-bond donors (Lipinski definition) is 1. The fraction of sp³-hybridized carbons (Fsp3) is 0.467. The minimum atomic E-state index is -1.04. The number of carboxylic acids is 1. The van der Waals surface area contributed by atoms with Gasteiger partial charge in [0.1, 0.15) is 6.54 Å². The number of carboxylic acid groups (broad SMARTS) is 1. The van der Waals surface area contributed by atoms with Crippen LogP contribution in [0, 0.1) is 19.8 Å². The van der Waals surface area contributed by atoms with Crippen LogP contribution in [0.5, 0.6) is 0 Å². The van der Waals surface area contributed by atoms with E-state index < -0.39 is 5.97 Å². The molecule has 22 heavy (non-hydrogen) atoms. The number of pyridine rings is 1. The Balaban J connectivity index is 2.49. The average Bonchev–Trinajstić information content (AvgIpc) is 2.76. The molecule has 0 bridgehead atoms. The molecule has 0 aliphatic rings. The van der Waals surface area contributed by atoms with Crippen LogP contribution in [-0.2, 0) is 4.79 Å². The van der Waals surface area contributed by atoms with Crippen molar-refractivity contribution < 1.29 is 19.2 Å². The zero-order valence-corrected chi connectivity index (χ0v) is 13.1. The largest absolute Gasteiger partial charge is 0.480 e. The summed E-state index contributed by atoms with van der Waals surface area (Å²) < 4.78 is 5.11. The van der Waals surface area contributed by atoms with Gasteiger partial charge in [0.25, 0.3) is 11.6 Å². The topological polar surface area (TPSA) is 96.5 Å². The van der Waals surface area contributed by atoms with Gasteiger partial charge < -0.3 is 14.5 Å². The first-order valence-electron chi connectivity index (χ1n) is 7.04. The highest BCUT2D eigenvalue weighted by Gasteiger charge is 2.24. The van der Waals surface area contributed by atoms with Crippen molar-refractivity contribution in [1.29, 1.82) is 0 Å². The number of carbonyl (C=O) groups excluding carboxylic acids is 1. The molecule has 7 nitrogen and oxygen atoms in total. The van der Waals surface area contributed by atoms with E-state index in [0.717, 1.165) is 0 Å². The summed E-state index contributed by atoms with van der Waals surface area (Å²) in [6.07, 6.45) is 0. The Bertz CT molecular complexity index is 721. The normalized spacial score (nSPS) is 11.1.